The highest BCUT2D eigenvalue weighted by Gasteiger charge is 2.72. The van der Waals surface area contributed by atoms with Crippen LogP contribution >= 0.6 is 0 Å². The maximum absolute atomic E-state index is 14.3. The minimum Gasteiger partial charge on any atom is -0.508 e. The average Bonchev–Trinajstić information content (AvgIpc) is 2.86. The summed E-state index contributed by atoms with van der Waals surface area (Å²) < 4.78 is 0. The molecule has 0 amide bonds. The van der Waals surface area contributed by atoms with Crippen LogP contribution in [0.1, 0.15) is 83.4 Å². The molecule has 7 heteroatoms. The van der Waals surface area contributed by atoms with Crippen molar-refractivity contribution in [3.8, 4) is 17.6 Å². The Labute approximate surface area is 234 Å². The van der Waals surface area contributed by atoms with E-state index in [1.165, 1.54) is 6.07 Å². The normalized spacial score (nSPS) is 31.7. The Kier molecular flexibility index (Phi) is 6.43. The van der Waals surface area contributed by atoms with E-state index in [4.69, 9.17) is 0 Å². The number of ketones is 3. The Bertz CT molecular complexity index is 1530. The molecule has 7 nitrogen and oxygen atoms in total. The summed E-state index contributed by atoms with van der Waals surface area (Å²) in [5.41, 5.74) is -3.56. The van der Waals surface area contributed by atoms with E-state index < -0.39 is 56.8 Å². The van der Waals surface area contributed by atoms with Crippen LogP contribution in [0.4, 0.5) is 0 Å². The molecule has 4 aliphatic carbocycles. The number of aromatic hydroxyl groups is 1. The highest BCUT2D eigenvalue weighted by molar-refractivity contribution is 6.24. The Morgan fingerprint density at radius 2 is 1.77 bits per heavy atom. The number of Topliss-reactive ketones (excluding diaryl/α,β-unsaturated/α-hetero) is 3. The molecule has 1 fully saturated rings. The van der Waals surface area contributed by atoms with E-state index in [1.54, 1.807) is 33.8 Å². The minimum absolute atomic E-state index is 0.0541. The summed E-state index contributed by atoms with van der Waals surface area (Å²) in [5.74, 6) is 1.13. The van der Waals surface area contributed by atoms with Gasteiger partial charge in [0, 0.05) is 27.9 Å². The van der Waals surface area contributed by atoms with Crippen molar-refractivity contribution in [2.75, 3.05) is 0 Å². The molecule has 40 heavy (non-hydrogen) atoms. The monoisotopic (exact) mass is 544 g/mol. The van der Waals surface area contributed by atoms with Crippen molar-refractivity contribution in [1.29, 1.82) is 0 Å². The molecule has 0 heterocycles. The van der Waals surface area contributed by atoms with Gasteiger partial charge in [-0.1, -0.05) is 45.6 Å². The van der Waals surface area contributed by atoms with Gasteiger partial charge in [-0.05, 0) is 74.6 Å². The van der Waals surface area contributed by atoms with E-state index in [9.17, 15) is 34.8 Å². The number of allylic oxidation sites excluding steroid dienone is 3. The predicted octanol–water partition coefficient (Wildman–Crippen LogP) is 5.04. The second-order valence-electron chi connectivity index (χ2n) is 12.7. The van der Waals surface area contributed by atoms with Gasteiger partial charge in [0.05, 0.1) is 5.56 Å². The van der Waals surface area contributed by atoms with E-state index in [0.717, 1.165) is 38.2 Å². The topological polar surface area (TPSA) is 132 Å². The van der Waals surface area contributed by atoms with Crippen LogP contribution < -0.4 is 0 Å². The van der Waals surface area contributed by atoms with Crippen molar-refractivity contribution in [2.24, 2.45) is 22.7 Å². The van der Waals surface area contributed by atoms with Gasteiger partial charge in [-0.25, -0.2) is 0 Å². The van der Waals surface area contributed by atoms with Gasteiger partial charge in [-0.3, -0.25) is 14.4 Å². The van der Waals surface area contributed by atoms with E-state index in [0.29, 0.717) is 11.1 Å². The van der Waals surface area contributed by atoms with Crippen LogP contribution in [0.15, 0.2) is 40.7 Å². The second-order valence-corrected chi connectivity index (χ2v) is 12.7. The fourth-order valence-corrected chi connectivity index (χ4v) is 7.93. The Hall–Kier alpha value is -3.63. The number of carbonyl (C=O) groups excluding carboxylic acids is 3. The summed E-state index contributed by atoms with van der Waals surface area (Å²) in [4.78, 5) is 40.4. The fourth-order valence-electron chi connectivity index (χ4n) is 7.93. The largest absolute Gasteiger partial charge is 0.508 e. The summed E-state index contributed by atoms with van der Waals surface area (Å²) in [6, 6.07) is 3.12. The van der Waals surface area contributed by atoms with Crippen molar-refractivity contribution >= 4 is 23.1 Å². The van der Waals surface area contributed by atoms with Crippen LogP contribution in [0.2, 0.25) is 0 Å². The molecule has 1 aromatic carbocycles. The molecule has 1 aromatic rings. The van der Waals surface area contributed by atoms with Crippen LogP contribution in [0, 0.1) is 34.5 Å². The van der Waals surface area contributed by atoms with Gasteiger partial charge in [-0.2, -0.15) is 0 Å². The van der Waals surface area contributed by atoms with E-state index in [-0.39, 0.29) is 35.6 Å². The molecule has 0 aromatic heterocycles. The molecular formula is C33H36O7. The number of rotatable bonds is 2. The first-order valence-electron chi connectivity index (χ1n) is 13.9. The van der Waals surface area contributed by atoms with Crippen LogP contribution in [-0.2, 0) is 20.8 Å². The molecule has 0 saturated heterocycles. The first kappa shape index (κ1) is 27.9. The maximum Gasteiger partial charge on any atom is 0.203 e. The number of aliphatic hydroxyl groups is 3. The van der Waals surface area contributed by atoms with Gasteiger partial charge >= 0.3 is 0 Å². The van der Waals surface area contributed by atoms with Crippen molar-refractivity contribution < 1.29 is 34.8 Å². The lowest BCUT2D eigenvalue weighted by Crippen LogP contribution is -2.69. The standard InChI is InChI=1S/C33H36O7/c1-17(2)25-27(36)23(18(3)34)29(38)33(40)30(39)26-28(37)24-21(15-31(26,4)16-32(25,33)5)20(13-14-22(24)35)12-11-19-9-7-6-8-10-19/h9,13-14,17,25,35,37-38,40H,6-8,10,15-16H2,1-5H3/t25?,31-,32-,33+/m1/s1. The zero-order chi connectivity index (χ0) is 29.4. The number of phenols is 1. The molecule has 0 aliphatic heterocycles. The molecule has 1 saturated carbocycles. The molecule has 0 bridgehead atoms. The number of hydrogen-bond donors (Lipinski definition) is 4. The molecule has 210 valence electrons. The number of hydrogen-bond acceptors (Lipinski definition) is 7. The third kappa shape index (κ3) is 3.65. The number of phenolic OH excluding ortho intramolecular Hbond substituents is 1. The van der Waals surface area contributed by atoms with E-state index in [1.807, 2.05) is 0 Å². The van der Waals surface area contributed by atoms with Gasteiger partial charge < -0.3 is 20.4 Å². The highest BCUT2D eigenvalue weighted by Crippen LogP contribution is 2.65. The maximum atomic E-state index is 14.3. The number of fused-ring (bicyclic) bond motifs is 3. The lowest BCUT2D eigenvalue weighted by atomic mass is 9.43. The molecule has 0 radical (unpaired) electrons. The van der Waals surface area contributed by atoms with Gasteiger partial charge in [0.15, 0.2) is 17.2 Å². The van der Waals surface area contributed by atoms with Crippen LogP contribution in [0.25, 0.3) is 5.76 Å². The van der Waals surface area contributed by atoms with Crippen molar-refractivity contribution in [2.45, 2.75) is 78.7 Å². The number of benzene rings is 1. The quantitative estimate of drug-likeness (QED) is 0.303. The summed E-state index contributed by atoms with van der Waals surface area (Å²) in [6.45, 7) is 8.08. The molecule has 4 aliphatic rings. The summed E-state index contributed by atoms with van der Waals surface area (Å²) in [7, 11) is 0. The summed E-state index contributed by atoms with van der Waals surface area (Å²) in [6.07, 6.45) is 6.48. The summed E-state index contributed by atoms with van der Waals surface area (Å²) >= 11 is 0. The second kappa shape index (κ2) is 9.21. The molecular weight excluding hydrogens is 508 g/mol. The molecule has 4 N–H and O–H groups in total. The van der Waals surface area contributed by atoms with Crippen LogP contribution in [-0.4, -0.2) is 43.4 Å². The molecule has 4 atom stereocenters. The first-order valence-corrected chi connectivity index (χ1v) is 13.9. The Morgan fingerprint density at radius 1 is 1.07 bits per heavy atom. The lowest BCUT2D eigenvalue weighted by Gasteiger charge is -2.59. The smallest absolute Gasteiger partial charge is 0.203 e. The van der Waals surface area contributed by atoms with E-state index in [2.05, 4.69) is 17.9 Å². The third-order valence-corrected chi connectivity index (χ3v) is 9.54. The molecule has 1 unspecified atom stereocenters. The van der Waals surface area contributed by atoms with Gasteiger partial charge in [-0.15, -0.1) is 0 Å². The van der Waals surface area contributed by atoms with Crippen LogP contribution in [0.3, 0.4) is 0 Å². The average molecular weight is 545 g/mol. The SMILES string of the molecule is CC(=O)C1=C(O)[C@]2(O)C(=O)C3=C(O)c4c(O)ccc(C#CC5=CCCCC5)c4C[C@]3(C)C[C@]2(C)C(C(C)C)C1=O. The molecule has 5 rings (SSSR count). The Morgan fingerprint density at radius 3 is 2.38 bits per heavy atom. The van der Waals surface area contributed by atoms with Crippen LogP contribution in [0.5, 0.6) is 5.75 Å². The number of carbonyl (C=O) groups is 3. The van der Waals surface area contributed by atoms with Gasteiger partial charge in [0.1, 0.15) is 22.8 Å². The zero-order valence-electron chi connectivity index (χ0n) is 23.6. The number of aliphatic hydroxyl groups excluding tert-OH is 2. The first-order chi connectivity index (χ1) is 18.7. The van der Waals surface area contributed by atoms with E-state index >= 15 is 0 Å². The zero-order valence-corrected chi connectivity index (χ0v) is 23.6. The van der Waals surface area contributed by atoms with Crippen molar-refractivity contribution in [3.05, 3.63) is 57.4 Å². The van der Waals surface area contributed by atoms with Crippen molar-refractivity contribution in [1.82, 2.24) is 0 Å². The Balaban J connectivity index is 1.76. The van der Waals surface area contributed by atoms with Gasteiger partial charge in [0.2, 0.25) is 5.78 Å². The summed E-state index contributed by atoms with van der Waals surface area (Å²) in [5, 5.41) is 45.8. The third-order valence-electron chi connectivity index (χ3n) is 9.54. The lowest BCUT2D eigenvalue weighted by molar-refractivity contribution is -0.178. The van der Waals surface area contributed by atoms with Gasteiger partial charge in [0.25, 0.3) is 0 Å². The highest BCUT2D eigenvalue weighted by atomic mass is 16.3. The van der Waals surface area contributed by atoms with Crippen molar-refractivity contribution in [3.63, 3.8) is 0 Å². The minimum atomic E-state index is -2.61. The predicted molar refractivity (Wildman–Crippen MR) is 149 cm³/mol. The molecule has 0 spiro atoms. The fraction of sp³-hybridized carbons (Fsp3) is 0.485.